The number of hydrogen-bond acceptors (Lipinski definition) is 1. The zero-order valence-electron chi connectivity index (χ0n) is 11.8. The molecule has 1 heterocycles. The Bertz CT molecular complexity index is 402. The largest absolute Gasteiger partial charge is 0.369 e. The van der Waals surface area contributed by atoms with Crippen molar-refractivity contribution in [3.63, 3.8) is 0 Å². The topological polar surface area (TPSA) is 12.5 Å². The van der Waals surface area contributed by atoms with Gasteiger partial charge >= 0.3 is 0 Å². The van der Waals surface area contributed by atoms with E-state index in [1.54, 1.807) is 0 Å². The van der Waals surface area contributed by atoms with Gasteiger partial charge in [0.2, 0.25) is 0 Å². The average Bonchev–Trinajstić information content (AvgIpc) is 3.09. The van der Waals surface area contributed by atoms with Crippen LogP contribution in [0, 0.1) is 11.3 Å². The first-order valence-corrected chi connectivity index (χ1v) is 7.14. The maximum atomic E-state index is 5.90. The fraction of sp³-hybridized carbons (Fsp3) is 0.625. The van der Waals surface area contributed by atoms with Crippen LogP contribution < -0.4 is 0 Å². The fourth-order valence-corrected chi connectivity index (χ4v) is 2.58. The number of hydrogen-bond donors (Lipinski definition) is 0. The van der Waals surface area contributed by atoms with Gasteiger partial charge in [0, 0.05) is 5.02 Å². The summed E-state index contributed by atoms with van der Waals surface area (Å²) in [4.78, 5) is 0. The second-order valence-electron chi connectivity index (χ2n) is 6.29. The molecular formula is C16H23ClO. The fourth-order valence-electron chi connectivity index (χ4n) is 2.45. The molecule has 1 atom stereocenters. The molecule has 0 N–H and O–H groups in total. The Labute approximate surface area is 115 Å². The lowest BCUT2D eigenvalue weighted by Crippen LogP contribution is -2.38. The number of epoxide rings is 1. The van der Waals surface area contributed by atoms with Crippen LogP contribution in [0.2, 0.25) is 5.02 Å². The van der Waals surface area contributed by atoms with Crippen molar-refractivity contribution in [1.29, 1.82) is 0 Å². The van der Waals surface area contributed by atoms with E-state index in [9.17, 15) is 0 Å². The molecule has 1 aromatic rings. The predicted molar refractivity (Wildman–Crippen MR) is 77.1 cm³/mol. The third-order valence-corrected chi connectivity index (χ3v) is 5.09. The molecule has 1 aromatic carbocycles. The zero-order valence-corrected chi connectivity index (χ0v) is 12.6. The Morgan fingerprint density at radius 2 is 1.83 bits per heavy atom. The van der Waals surface area contributed by atoms with Crippen molar-refractivity contribution in [3.05, 3.63) is 34.9 Å². The third kappa shape index (κ3) is 2.57. The molecule has 100 valence electrons. The van der Waals surface area contributed by atoms with Crippen molar-refractivity contribution in [1.82, 2.24) is 0 Å². The maximum absolute atomic E-state index is 5.90. The van der Waals surface area contributed by atoms with E-state index in [-0.39, 0.29) is 11.0 Å². The smallest absolute Gasteiger partial charge is 0.0972 e. The summed E-state index contributed by atoms with van der Waals surface area (Å²) >= 11 is 5.90. The Kier molecular flexibility index (Phi) is 3.75. The van der Waals surface area contributed by atoms with Crippen LogP contribution in [0.1, 0.15) is 39.7 Å². The first kappa shape index (κ1) is 13.9. The molecular weight excluding hydrogens is 244 g/mol. The monoisotopic (exact) mass is 266 g/mol. The molecule has 18 heavy (non-hydrogen) atoms. The number of ether oxygens (including phenoxy) is 1. The molecule has 1 saturated heterocycles. The number of rotatable bonds is 5. The average molecular weight is 267 g/mol. The van der Waals surface area contributed by atoms with E-state index in [0.717, 1.165) is 24.5 Å². The van der Waals surface area contributed by atoms with Crippen LogP contribution in [0.4, 0.5) is 0 Å². The Morgan fingerprint density at radius 1 is 1.28 bits per heavy atom. The third-order valence-electron chi connectivity index (χ3n) is 4.84. The molecule has 0 radical (unpaired) electrons. The highest BCUT2D eigenvalue weighted by Gasteiger charge is 2.56. The van der Waals surface area contributed by atoms with Gasteiger partial charge in [-0.3, -0.25) is 0 Å². The lowest BCUT2D eigenvalue weighted by atomic mass is 9.68. The van der Waals surface area contributed by atoms with Gasteiger partial charge in [0.15, 0.2) is 0 Å². The molecule has 0 spiro atoms. The quantitative estimate of drug-likeness (QED) is 0.703. The van der Waals surface area contributed by atoms with E-state index in [4.69, 9.17) is 16.3 Å². The lowest BCUT2D eigenvalue weighted by molar-refractivity contribution is 0.0802. The van der Waals surface area contributed by atoms with Gasteiger partial charge in [-0.1, -0.05) is 51.4 Å². The molecule has 0 aromatic heterocycles. The van der Waals surface area contributed by atoms with Crippen LogP contribution in [0.3, 0.4) is 0 Å². The second-order valence-corrected chi connectivity index (χ2v) is 6.72. The molecule has 0 bridgehead atoms. The highest BCUT2D eigenvalue weighted by Crippen LogP contribution is 2.51. The molecule has 1 fully saturated rings. The molecule has 0 amide bonds. The van der Waals surface area contributed by atoms with Gasteiger partial charge < -0.3 is 4.74 Å². The summed E-state index contributed by atoms with van der Waals surface area (Å²) in [7, 11) is 0. The van der Waals surface area contributed by atoms with Crippen LogP contribution in [-0.2, 0) is 11.2 Å². The molecule has 2 rings (SSSR count). The van der Waals surface area contributed by atoms with Crippen LogP contribution in [0.15, 0.2) is 24.3 Å². The highest BCUT2D eigenvalue weighted by atomic mass is 35.5. The van der Waals surface area contributed by atoms with E-state index in [0.29, 0.717) is 5.92 Å². The minimum Gasteiger partial charge on any atom is -0.369 e. The summed E-state index contributed by atoms with van der Waals surface area (Å²) in [5.41, 5.74) is 1.66. The summed E-state index contributed by atoms with van der Waals surface area (Å²) < 4.78 is 5.84. The van der Waals surface area contributed by atoms with Crippen LogP contribution in [0.5, 0.6) is 0 Å². The van der Waals surface area contributed by atoms with Gasteiger partial charge in [0.1, 0.15) is 0 Å². The number of benzene rings is 1. The highest BCUT2D eigenvalue weighted by molar-refractivity contribution is 6.30. The summed E-state index contributed by atoms with van der Waals surface area (Å²) in [5, 5.41) is 0.804. The van der Waals surface area contributed by atoms with Crippen molar-refractivity contribution >= 4 is 11.6 Å². The van der Waals surface area contributed by atoms with Crippen LogP contribution in [-0.4, -0.2) is 12.2 Å². The minimum absolute atomic E-state index is 0.0841. The summed E-state index contributed by atoms with van der Waals surface area (Å²) in [6.07, 6.45) is 2.16. The predicted octanol–water partition coefficient (Wildman–Crippen LogP) is 4.72. The van der Waals surface area contributed by atoms with E-state index in [2.05, 4.69) is 39.8 Å². The van der Waals surface area contributed by atoms with Crippen molar-refractivity contribution < 1.29 is 4.74 Å². The van der Waals surface area contributed by atoms with Gasteiger partial charge in [-0.2, -0.15) is 0 Å². The summed E-state index contributed by atoms with van der Waals surface area (Å²) in [6.45, 7) is 10.1. The van der Waals surface area contributed by atoms with Crippen LogP contribution in [0.25, 0.3) is 0 Å². The van der Waals surface area contributed by atoms with Gasteiger partial charge in [-0.25, -0.2) is 0 Å². The summed E-state index contributed by atoms with van der Waals surface area (Å²) in [6, 6.07) is 8.15. The SMILES string of the molecule is CC(C)C(C)(C)C1(CCc2ccc(Cl)cc2)CO1. The van der Waals surface area contributed by atoms with Crippen molar-refractivity contribution in [2.24, 2.45) is 11.3 Å². The van der Waals surface area contributed by atoms with Crippen LogP contribution >= 0.6 is 11.6 Å². The first-order valence-electron chi connectivity index (χ1n) is 6.76. The van der Waals surface area contributed by atoms with E-state index in [1.807, 2.05) is 12.1 Å². The maximum Gasteiger partial charge on any atom is 0.0972 e. The molecule has 0 aliphatic carbocycles. The molecule has 1 aliphatic rings. The molecule has 2 heteroatoms. The number of halogens is 1. The Hall–Kier alpha value is -0.530. The second kappa shape index (κ2) is 4.86. The van der Waals surface area contributed by atoms with Gasteiger partial charge in [0.25, 0.3) is 0 Å². The van der Waals surface area contributed by atoms with E-state index in [1.165, 1.54) is 5.56 Å². The number of aryl methyl sites for hydroxylation is 1. The molecule has 0 saturated carbocycles. The normalized spacial score (nSPS) is 23.4. The first-order chi connectivity index (χ1) is 8.37. The molecule has 1 unspecified atom stereocenters. The standard InChI is InChI=1S/C16H23ClO/c1-12(2)15(3,4)16(11-18-16)10-9-13-5-7-14(17)8-6-13/h5-8,12H,9-11H2,1-4H3. The Morgan fingerprint density at radius 3 is 2.28 bits per heavy atom. The van der Waals surface area contributed by atoms with Crippen molar-refractivity contribution in [2.45, 2.75) is 46.1 Å². The summed E-state index contributed by atoms with van der Waals surface area (Å²) in [5.74, 6) is 0.630. The van der Waals surface area contributed by atoms with E-state index < -0.39 is 0 Å². The molecule has 1 nitrogen and oxygen atoms in total. The zero-order chi connectivity index (χ0) is 13.4. The van der Waals surface area contributed by atoms with Gasteiger partial charge in [-0.15, -0.1) is 0 Å². The van der Waals surface area contributed by atoms with Crippen molar-refractivity contribution in [2.75, 3.05) is 6.61 Å². The Balaban J connectivity index is 2.00. The van der Waals surface area contributed by atoms with Gasteiger partial charge in [0.05, 0.1) is 12.2 Å². The van der Waals surface area contributed by atoms with E-state index >= 15 is 0 Å². The minimum atomic E-state index is 0.0841. The molecule has 1 aliphatic heterocycles. The van der Waals surface area contributed by atoms with Gasteiger partial charge in [-0.05, 0) is 41.9 Å². The van der Waals surface area contributed by atoms with Crippen molar-refractivity contribution in [3.8, 4) is 0 Å². The lowest BCUT2D eigenvalue weighted by Gasteiger charge is -2.36.